The van der Waals surface area contributed by atoms with E-state index in [9.17, 15) is 23.6 Å². The predicted octanol–water partition coefficient (Wildman–Crippen LogP) is 2.99. The molecule has 0 aliphatic heterocycles. The maximum Gasteiger partial charge on any atom is 0.338 e. The highest BCUT2D eigenvalue weighted by molar-refractivity contribution is 6.02. The highest BCUT2D eigenvalue weighted by Gasteiger charge is 2.30. The van der Waals surface area contributed by atoms with Gasteiger partial charge in [-0.05, 0) is 49.2 Å². The maximum atomic E-state index is 13.6. The number of halogens is 1. The van der Waals surface area contributed by atoms with E-state index in [1.165, 1.54) is 35.9 Å². The van der Waals surface area contributed by atoms with Gasteiger partial charge >= 0.3 is 11.7 Å². The number of carbonyl (C=O) groups is 2. The molecule has 1 saturated carbocycles. The molecule has 5 rings (SSSR count). The highest BCUT2D eigenvalue weighted by atomic mass is 19.1. The van der Waals surface area contributed by atoms with Crippen molar-refractivity contribution in [2.45, 2.75) is 25.3 Å². The number of aromatic nitrogens is 3. The fourth-order valence-electron chi connectivity index (χ4n) is 4.08. The van der Waals surface area contributed by atoms with Gasteiger partial charge in [-0.25, -0.2) is 28.1 Å². The summed E-state index contributed by atoms with van der Waals surface area (Å²) in [6, 6.07) is 15.3. The lowest BCUT2D eigenvalue weighted by Gasteiger charge is -2.16. The number of fused-ring (bicyclic) bond motifs is 1. The third-order valence-electron chi connectivity index (χ3n) is 5.94. The third kappa shape index (κ3) is 4.28. The van der Waals surface area contributed by atoms with Crippen molar-refractivity contribution < 1.29 is 18.7 Å². The van der Waals surface area contributed by atoms with Crippen LogP contribution in [0, 0.1) is 5.82 Å². The highest BCUT2D eigenvalue weighted by Crippen LogP contribution is 2.40. The zero-order chi connectivity index (χ0) is 25.4. The molecule has 2 aromatic heterocycles. The third-order valence-corrected chi connectivity index (χ3v) is 5.94. The number of rotatable bonds is 6. The molecule has 1 aliphatic rings. The van der Waals surface area contributed by atoms with E-state index in [0.717, 1.165) is 23.5 Å². The summed E-state index contributed by atoms with van der Waals surface area (Å²) in [5, 5.41) is 2.35. The van der Waals surface area contributed by atoms with Crippen molar-refractivity contribution in [3.8, 4) is 5.69 Å². The van der Waals surface area contributed by atoms with Gasteiger partial charge in [0, 0.05) is 17.3 Å². The van der Waals surface area contributed by atoms with Gasteiger partial charge in [0.25, 0.3) is 5.56 Å². The van der Waals surface area contributed by atoms with Crippen molar-refractivity contribution in [3.63, 3.8) is 0 Å². The average Bonchev–Trinajstić information content (AvgIpc) is 3.72. The number of hydrogen-bond acceptors (Lipinski definition) is 6. The van der Waals surface area contributed by atoms with Crippen LogP contribution in [0.2, 0.25) is 0 Å². The number of para-hydroxylation sites is 1. The van der Waals surface area contributed by atoms with Gasteiger partial charge in [-0.3, -0.25) is 9.59 Å². The van der Waals surface area contributed by atoms with Crippen molar-refractivity contribution >= 4 is 28.6 Å². The Morgan fingerprint density at radius 2 is 1.83 bits per heavy atom. The monoisotopic (exact) mass is 488 g/mol. The molecule has 4 aromatic rings. The van der Waals surface area contributed by atoms with Gasteiger partial charge in [0.15, 0.2) is 5.65 Å². The molecular weight excluding hydrogens is 467 g/mol. The lowest BCUT2D eigenvalue weighted by atomic mass is 10.1. The number of hydrogen-bond donors (Lipinski definition) is 1. The van der Waals surface area contributed by atoms with E-state index in [-0.39, 0.29) is 28.2 Å². The van der Waals surface area contributed by atoms with Crippen LogP contribution in [-0.4, -0.2) is 33.1 Å². The molecule has 36 heavy (non-hydrogen) atoms. The Bertz CT molecular complexity index is 1620. The Balaban J connectivity index is 1.74. The van der Waals surface area contributed by atoms with E-state index in [2.05, 4.69) is 10.3 Å². The molecule has 182 valence electrons. The van der Waals surface area contributed by atoms with E-state index < -0.39 is 35.5 Å². The summed E-state index contributed by atoms with van der Waals surface area (Å²) in [6.45, 7) is -0.665. The Morgan fingerprint density at radius 1 is 1.08 bits per heavy atom. The molecule has 0 saturated heterocycles. The van der Waals surface area contributed by atoms with E-state index in [1.807, 2.05) is 0 Å². The molecule has 0 radical (unpaired) electrons. The molecular formula is C26H21FN4O5. The molecule has 2 aromatic carbocycles. The van der Waals surface area contributed by atoms with Crippen LogP contribution in [0.1, 0.15) is 34.8 Å². The molecule has 2 heterocycles. The molecule has 0 spiro atoms. The second kappa shape index (κ2) is 9.21. The summed E-state index contributed by atoms with van der Waals surface area (Å²) in [5.74, 6) is -1.91. The van der Waals surface area contributed by atoms with Crippen LogP contribution in [0.5, 0.6) is 0 Å². The normalized spacial score (nSPS) is 12.9. The smallest absolute Gasteiger partial charge is 0.338 e. The van der Waals surface area contributed by atoms with Crippen LogP contribution in [0.4, 0.5) is 10.1 Å². The minimum atomic E-state index is -0.855. The van der Waals surface area contributed by atoms with Gasteiger partial charge in [-0.15, -0.1) is 0 Å². The molecule has 1 fully saturated rings. The number of nitrogens with one attached hydrogen (secondary N) is 1. The molecule has 0 atom stereocenters. The van der Waals surface area contributed by atoms with Crippen molar-refractivity contribution in [2.24, 2.45) is 0 Å². The quantitative estimate of drug-likeness (QED) is 0.418. The Kier molecular flexibility index (Phi) is 5.93. The summed E-state index contributed by atoms with van der Waals surface area (Å²) in [7, 11) is 1.20. The van der Waals surface area contributed by atoms with Crippen molar-refractivity contribution in [1.29, 1.82) is 0 Å². The molecule has 1 amide bonds. The number of carbonyl (C=O) groups excluding carboxylic acids is 2. The van der Waals surface area contributed by atoms with Crippen molar-refractivity contribution in [2.75, 3.05) is 12.4 Å². The van der Waals surface area contributed by atoms with Crippen LogP contribution >= 0.6 is 0 Å². The minimum absolute atomic E-state index is 0.0165. The van der Waals surface area contributed by atoms with Gasteiger partial charge in [-0.1, -0.05) is 24.3 Å². The van der Waals surface area contributed by atoms with E-state index in [4.69, 9.17) is 4.74 Å². The summed E-state index contributed by atoms with van der Waals surface area (Å²) in [4.78, 5) is 57.3. The second-order valence-electron chi connectivity index (χ2n) is 8.46. The van der Waals surface area contributed by atoms with Gasteiger partial charge < -0.3 is 10.1 Å². The SMILES string of the molecule is COC(=O)c1cc(C2CC2)nc2c1c(=O)n(CC(=O)Nc1cccc(F)c1)c(=O)n2-c1ccccc1. The van der Waals surface area contributed by atoms with Gasteiger partial charge in [0.1, 0.15) is 12.4 Å². The summed E-state index contributed by atoms with van der Waals surface area (Å²) in [6.07, 6.45) is 1.76. The Hall–Kier alpha value is -4.60. The van der Waals surface area contributed by atoms with Gasteiger partial charge in [-0.2, -0.15) is 0 Å². The first-order valence-corrected chi connectivity index (χ1v) is 11.3. The second-order valence-corrected chi connectivity index (χ2v) is 8.46. The topological polar surface area (TPSA) is 112 Å². The van der Waals surface area contributed by atoms with Crippen molar-refractivity contribution in [1.82, 2.24) is 14.1 Å². The summed E-state index contributed by atoms with van der Waals surface area (Å²) in [5.41, 5.74) is -0.503. The Morgan fingerprint density at radius 3 is 2.50 bits per heavy atom. The predicted molar refractivity (Wildman–Crippen MR) is 130 cm³/mol. The number of nitrogens with zero attached hydrogens (tertiary/aromatic N) is 3. The first kappa shape index (κ1) is 23.2. The lowest BCUT2D eigenvalue weighted by Crippen LogP contribution is -2.43. The van der Waals surface area contributed by atoms with Crippen LogP contribution in [0.15, 0.2) is 70.3 Å². The summed E-state index contributed by atoms with van der Waals surface area (Å²) >= 11 is 0. The first-order valence-electron chi connectivity index (χ1n) is 11.3. The zero-order valence-corrected chi connectivity index (χ0v) is 19.2. The number of ether oxygens (including phenoxy) is 1. The molecule has 0 bridgehead atoms. The molecule has 9 nitrogen and oxygen atoms in total. The zero-order valence-electron chi connectivity index (χ0n) is 19.2. The summed E-state index contributed by atoms with van der Waals surface area (Å²) < 4.78 is 20.4. The van der Waals surface area contributed by atoms with E-state index >= 15 is 0 Å². The fraction of sp³-hybridized carbons (Fsp3) is 0.192. The largest absolute Gasteiger partial charge is 0.465 e. The molecule has 10 heteroatoms. The van der Waals surface area contributed by atoms with Crippen molar-refractivity contribution in [3.05, 3.63) is 98.6 Å². The number of methoxy groups -OCH3 is 1. The number of pyridine rings is 1. The van der Waals surface area contributed by atoms with Crippen LogP contribution in [0.25, 0.3) is 16.7 Å². The maximum absolute atomic E-state index is 13.6. The number of anilines is 1. The van der Waals surface area contributed by atoms with E-state index in [0.29, 0.717) is 11.4 Å². The number of amides is 1. The fourth-order valence-corrected chi connectivity index (χ4v) is 4.08. The molecule has 1 aliphatic carbocycles. The van der Waals surface area contributed by atoms with Crippen LogP contribution in [-0.2, 0) is 16.1 Å². The van der Waals surface area contributed by atoms with Gasteiger partial charge in [0.2, 0.25) is 5.91 Å². The standard InChI is InChI=1S/C26H21FN4O5/c1-36-25(34)19-13-20(15-10-11-15)29-23-22(19)24(33)30(26(35)31(23)18-8-3-2-4-9-18)14-21(32)28-17-7-5-6-16(27)12-17/h2-9,12-13,15H,10-11,14H2,1H3,(H,28,32). The van der Waals surface area contributed by atoms with Crippen LogP contribution < -0.4 is 16.6 Å². The average molecular weight is 488 g/mol. The number of esters is 1. The van der Waals surface area contributed by atoms with Gasteiger partial charge in [0.05, 0.1) is 23.7 Å². The van der Waals surface area contributed by atoms with Crippen LogP contribution in [0.3, 0.4) is 0 Å². The Labute approximate surface area is 203 Å². The van der Waals surface area contributed by atoms with E-state index in [1.54, 1.807) is 30.3 Å². The molecule has 0 unspecified atom stereocenters. The first-order chi connectivity index (χ1) is 17.4. The molecule has 1 N–H and O–H groups in total. The number of benzene rings is 2. The minimum Gasteiger partial charge on any atom is -0.465 e. The lowest BCUT2D eigenvalue weighted by molar-refractivity contribution is -0.116.